The number of nitrogens with one attached hydrogen (secondary N) is 1. The van der Waals surface area contributed by atoms with Gasteiger partial charge in [0.05, 0.1) is 12.2 Å². The molecule has 0 bridgehead atoms. The molecule has 0 spiro atoms. The summed E-state index contributed by atoms with van der Waals surface area (Å²) >= 11 is 0. The van der Waals surface area contributed by atoms with Gasteiger partial charge in [-0.15, -0.1) is 0 Å². The SMILES string of the molecule is Nc1ccc(C(=O)NCC(F)(F)CO)cc1O. The summed E-state index contributed by atoms with van der Waals surface area (Å²) in [6.45, 7) is -2.33. The quantitative estimate of drug-likeness (QED) is 0.455. The molecule has 94 valence electrons. The third-order valence-electron chi connectivity index (χ3n) is 2.03. The van der Waals surface area contributed by atoms with Crippen LogP contribution < -0.4 is 11.1 Å². The Kier molecular flexibility index (Phi) is 3.84. The Morgan fingerprint density at radius 3 is 2.65 bits per heavy atom. The predicted molar refractivity (Wildman–Crippen MR) is 56.9 cm³/mol. The van der Waals surface area contributed by atoms with Crippen molar-refractivity contribution in [2.45, 2.75) is 5.92 Å². The van der Waals surface area contributed by atoms with E-state index in [0.29, 0.717) is 0 Å². The Bertz CT molecular complexity index is 424. The van der Waals surface area contributed by atoms with Crippen molar-refractivity contribution in [2.75, 3.05) is 18.9 Å². The van der Waals surface area contributed by atoms with Crippen molar-refractivity contribution >= 4 is 11.6 Å². The molecule has 7 heteroatoms. The first-order valence-corrected chi connectivity index (χ1v) is 4.71. The molecule has 0 unspecified atom stereocenters. The maximum Gasteiger partial charge on any atom is 0.287 e. The number of nitrogens with two attached hydrogens (primary N) is 1. The van der Waals surface area contributed by atoms with Crippen LogP contribution in [0.4, 0.5) is 14.5 Å². The van der Waals surface area contributed by atoms with E-state index in [1.807, 2.05) is 5.32 Å². The Hall–Kier alpha value is -1.89. The van der Waals surface area contributed by atoms with Gasteiger partial charge in [-0.1, -0.05) is 0 Å². The lowest BCUT2D eigenvalue weighted by molar-refractivity contribution is -0.0462. The number of hydrogen-bond donors (Lipinski definition) is 4. The van der Waals surface area contributed by atoms with Crippen LogP contribution in [0.3, 0.4) is 0 Å². The van der Waals surface area contributed by atoms with E-state index in [2.05, 4.69) is 0 Å². The molecule has 0 aliphatic rings. The number of amides is 1. The first kappa shape index (κ1) is 13.2. The number of aliphatic hydroxyl groups is 1. The largest absolute Gasteiger partial charge is 0.506 e. The highest BCUT2D eigenvalue weighted by atomic mass is 19.3. The van der Waals surface area contributed by atoms with Gasteiger partial charge < -0.3 is 21.3 Å². The molecule has 5 nitrogen and oxygen atoms in total. The Labute approximate surface area is 95.9 Å². The van der Waals surface area contributed by atoms with Gasteiger partial charge in [0.15, 0.2) is 0 Å². The number of alkyl halides is 2. The fourth-order valence-corrected chi connectivity index (χ4v) is 1.05. The maximum absolute atomic E-state index is 12.6. The fourth-order valence-electron chi connectivity index (χ4n) is 1.05. The van der Waals surface area contributed by atoms with Crippen molar-refractivity contribution in [1.82, 2.24) is 5.32 Å². The van der Waals surface area contributed by atoms with E-state index in [0.717, 1.165) is 6.07 Å². The highest BCUT2D eigenvalue weighted by Gasteiger charge is 2.28. The Balaban J connectivity index is 2.68. The number of halogens is 2. The third-order valence-corrected chi connectivity index (χ3v) is 2.03. The second kappa shape index (κ2) is 4.96. The maximum atomic E-state index is 12.6. The first-order chi connectivity index (χ1) is 7.85. The summed E-state index contributed by atoms with van der Waals surface area (Å²) in [6.07, 6.45) is 0. The molecule has 0 heterocycles. The predicted octanol–water partition coefficient (Wildman–Crippen LogP) is 0.332. The number of phenolic OH excluding ortho intramolecular Hbond substituents is 1. The molecule has 0 saturated heterocycles. The molecule has 0 fully saturated rings. The second-order valence-corrected chi connectivity index (χ2v) is 3.47. The van der Waals surface area contributed by atoms with E-state index in [1.54, 1.807) is 0 Å². The molecular formula is C10H12F2N2O3. The zero-order valence-electron chi connectivity index (χ0n) is 8.78. The highest BCUT2D eigenvalue weighted by molar-refractivity contribution is 5.95. The number of anilines is 1. The molecule has 1 aromatic carbocycles. The molecule has 17 heavy (non-hydrogen) atoms. The van der Waals surface area contributed by atoms with Gasteiger partial charge in [0.1, 0.15) is 12.4 Å². The minimum absolute atomic E-state index is 0.00504. The fraction of sp³-hybridized carbons (Fsp3) is 0.300. The number of hydrogen-bond acceptors (Lipinski definition) is 4. The van der Waals surface area contributed by atoms with E-state index in [4.69, 9.17) is 10.8 Å². The molecule has 1 amide bonds. The number of carbonyl (C=O) groups is 1. The van der Waals surface area contributed by atoms with Crippen molar-refractivity contribution in [2.24, 2.45) is 0 Å². The molecule has 1 aromatic rings. The minimum Gasteiger partial charge on any atom is -0.506 e. The zero-order chi connectivity index (χ0) is 13.1. The van der Waals surface area contributed by atoms with E-state index in [9.17, 15) is 18.7 Å². The van der Waals surface area contributed by atoms with Crippen LogP contribution in [0.15, 0.2) is 18.2 Å². The Morgan fingerprint density at radius 2 is 2.12 bits per heavy atom. The topological polar surface area (TPSA) is 95.6 Å². The summed E-state index contributed by atoms with van der Waals surface area (Å²) in [7, 11) is 0. The molecule has 5 N–H and O–H groups in total. The zero-order valence-corrected chi connectivity index (χ0v) is 8.78. The van der Waals surface area contributed by atoms with E-state index < -0.39 is 25.0 Å². The average molecular weight is 246 g/mol. The molecule has 0 atom stereocenters. The number of aliphatic hydroxyl groups excluding tert-OH is 1. The minimum atomic E-state index is -3.37. The van der Waals surface area contributed by atoms with Crippen molar-refractivity contribution in [1.29, 1.82) is 0 Å². The number of phenols is 1. The summed E-state index contributed by atoms with van der Waals surface area (Å²) in [4.78, 5) is 11.4. The van der Waals surface area contributed by atoms with Gasteiger partial charge in [-0.05, 0) is 18.2 Å². The summed E-state index contributed by atoms with van der Waals surface area (Å²) in [5.74, 6) is -4.45. The summed E-state index contributed by atoms with van der Waals surface area (Å²) < 4.78 is 25.3. The van der Waals surface area contributed by atoms with Crippen LogP contribution in [0.1, 0.15) is 10.4 Å². The van der Waals surface area contributed by atoms with Crippen LogP contribution in [0.5, 0.6) is 5.75 Å². The Morgan fingerprint density at radius 1 is 1.47 bits per heavy atom. The molecular weight excluding hydrogens is 234 g/mol. The van der Waals surface area contributed by atoms with Crippen LogP contribution in [-0.2, 0) is 0 Å². The van der Waals surface area contributed by atoms with Crippen molar-refractivity contribution in [3.63, 3.8) is 0 Å². The lowest BCUT2D eigenvalue weighted by Crippen LogP contribution is -2.38. The summed E-state index contributed by atoms with van der Waals surface area (Å²) in [5.41, 5.74) is 5.41. The molecule has 0 saturated carbocycles. The second-order valence-electron chi connectivity index (χ2n) is 3.47. The van der Waals surface area contributed by atoms with Gasteiger partial charge >= 0.3 is 0 Å². The van der Waals surface area contributed by atoms with Gasteiger partial charge in [-0.2, -0.15) is 0 Å². The van der Waals surface area contributed by atoms with E-state index in [1.165, 1.54) is 12.1 Å². The summed E-state index contributed by atoms with van der Waals surface area (Å²) in [6, 6.07) is 3.65. The van der Waals surface area contributed by atoms with Crippen LogP contribution in [0, 0.1) is 0 Å². The first-order valence-electron chi connectivity index (χ1n) is 4.71. The normalized spacial score (nSPS) is 11.2. The van der Waals surface area contributed by atoms with Crippen molar-refractivity contribution < 1.29 is 23.8 Å². The van der Waals surface area contributed by atoms with Crippen LogP contribution in [0.2, 0.25) is 0 Å². The van der Waals surface area contributed by atoms with Gasteiger partial charge in [-0.25, -0.2) is 8.78 Å². The summed E-state index contributed by atoms with van der Waals surface area (Å²) in [5, 5.41) is 19.5. The molecule has 1 rings (SSSR count). The van der Waals surface area contributed by atoms with Gasteiger partial charge in [0, 0.05) is 5.56 Å². The van der Waals surface area contributed by atoms with Crippen LogP contribution >= 0.6 is 0 Å². The van der Waals surface area contributed by atoms with Crippen LogP contribution in [-0.4, -0.2) is 35.2 Å². The number of carbonyl (C=O) groups excluding carboxylic acids is 1. The van der Waals surface area contributed by atoms with Gasteiger partial charge in [-0.3, -0.25) is 4.79 Å². The smallest absolute Gasteiger partial charge is 0.287 e. The lowest BCUT2D eigenvalue weighted by Gasteiger charge is -2.14. The monoisotopic (exact) mass is 246 g/mol. The number of benzene rings is 1. The molecule has 0 radical (unpaired) electrons. The number of rotatable bonds is 4. The molecule has 0 aromatic heterocycles. The van der Waals surface area contributed by atoms with Crippen LogP contribution in [0.25, 0.3) is 0 Å². The molecule has 0 aliphatic heterocycles. The number of nitrogen functional groups attached to an aromatic ring is 1. The molecule has 0 aliphatic carbocycles. The average Bonchev–Trinajstić information content (AvgIpc) is 2.30. The van der Waals surface area contributed by atoms with Crippen molar-refractivity contribution in [3.8, 4) is 5.75 Å². The lowest BCUT2D eigenvalue weighted by atomic mass is 10.1. The number of aromatic hydroxyl groups is 1. The standard InChI is InChI=1S/C10H12F2N2O3/c11-10(12,5-15)4-14-9(17)6-1-2-7(13)8(16)3-6/h1-3,15-16H,4-5,13H2,(H,14,17). The third kappa shape index (κ3) is 3.56. The van der Waals surface area contributed by atoms with Gasteiger partial charge in [0.2, 0.25) is 0 Å². The highest BCUT2D eigenvalue weighted by Crippen LogP contribution is 2.20. The van der Waals surface area contributed by atoms with Gasteiger partial charge in [0.25, 0.3) is 11.8 Å². The van der Waals surface area contributed by atoms with Crippen molar-refractivity contribution in [3.05, 3.63) is 23.8 Å². The van der Waals surface area contributed by atoms with E-state index in [-0.39, 0.29) is 17.0 Å². The van der Waals surface area contributed by atoms with E-state index >= 15 is 0 Å².